The van der Waals surface area contributed by atoms with Crippen LogP contribution in [-0.2, 0) is 26.6 Å². The number of H-pyrrole nitrogens is 1. The van der Waals surface area contributed by atoms with E-state index in [0.717, 1.165) is 37.3 Å². The van der Waals surface area contributed by atoms with Crippen molar-refractivity contribution in [2.45, 2.75) is 26.4 Å². The van der Waals surface area contributed by atoms with Crippen molar-refractivity contribution in [1.82, 2.24) is 19.4 Å². The maximum absolute atomic E-state index is 11.8. The van der Waals surface area contributed by atoms with Crippen molar-refractivity contribution in [3.05, 3.63) is 51.5 Å². The molecule has 19 heavy (non-hydrogen) atoms. The molecule has 0 aliphatic carbocycles. The standard InChI is InChI=1S/C14H18N4O/c1-10-15-13-9-18(7-5-12(13)14(19)16-10)8-11-4-3-6-17(11)2/h3-4,6H,5,7-9H2,1-2H3,(H,15,16,19). The van der Waals surface area contributed by atoms with Crippen molar-refractivity contribution in [1.29, 1.82) is 0 Å². The Morgan fingerprint density at radius 3 is 3.05 bits per heavy atom. The number of rotatable bonds is 2. The summed E-state index contributed by atoms with van der Waals surface area (Å²) in [4.78, 5) is 21.4. The fraction of sp³-hybridized carbons (Fsp3) is 0.429. The number of nitrogens with one attached hydrogen (secondary N) is 1. The van der Waals surface area contributed by atoms with Crippen LogP contribution in [0.15, 0.2) is 23.1 Å². The van der Waals surface area contributed by atoms with Crippen molar-refractivity contribution in [2.75, 3.05) is 6.54 Å². The molecule has 2 aromatic rings. The van der Waals surface area contributed by atoms with Gasteiger partial charge in [0.05, 0.1) is 5.69 Å². The molecule has 0 aromatic carbocycles. The molecule has 0 spiro atoms. The maximum Gasteiger partial charge on any atom is 0.254 e. The second-order valence-corrected chi connectivity index (χ2v) is 5.15. The smallest absolute Gasteiger partial charge is 0.254 e. The summed E-state index contributed by atoms with van der Waals surface area (Å²) in [6.45, 7) is 4.39. The van der Waals surface area contributed by atoms with E-state index in [1.54, 1.807) is 0 Å². The Kier molecular flexibility index (Phi) is 2.98. The molecule has 1 aliphatic heterocycles. The maximum atomic E-state index is 11.8. The van der Waals surface area contributed by atoms with E-state index in [1.807, 2.05) is 6.92 Å². The van der Waals surface area contributed by atoms with Gasteiger partial charge in [0.15, 0.2) is 0 Å². The van der Waals surface area contributed by atoms with Gasteiger partial charge in [-0.15, -0.1) is 0 Å². The third kappa shape index (κ3) is 2.33. The first-order chi connectivity index (χ1) is 9.13. The van der Waals surface area contributed by atoms with Gasteiger partial charge in [-0.2, -0.15) is 0 Å². The van der Waals surface area contributed by atoms with Crippen molar-refractivity contribution in [2.24, 2.45) is 7.05 Å². The SMILES string of the molecule is Cc1nc2c(c(=O)[nH]1)CCN(Cc1cccn1C)C2. The second-order valence-electron chi connectivity index (χ2n) is 5.15. The van der Waals surface area contributed by atoms with Crippen LogP contribution in [0.3, 0.4) is 0 Å². The normalized spacial score (nSPS) is 15.5. The van der Waals surface area contributed by atoms with Gasteiger partial charge in [-0.3, -0.25) is 9.69 Å². The lowest BCUT2D eigenvalue weighted by molar-refractivity contribution is 0.235. The summed E-state index contributed by atoms with van der Waals surface area (Å²) in [5.41, 5.74) is 3.10. The largest absolute Gasteiger partial charge is 0.353 e. The molecule has 0 atom stereocenters. The number of hydrogen-bond acceptors (Lipinski definition) is 3. The average Bonchev–Trinajstić information content (AvgIpc) is 2.74. The van der Waals surface area contributed by atoms with Crippen molar-refractivity contribution >= 4 is 0 Å². The number of nitrogens with zero attached hydrogens (tertiary/aromatic N) is 3. The highest BCUT2D eigenvalue weighted by molar-refractivity contribution is 5.21. The van der Waals surface area contributed by atoms with E-state index in [1.165, 1.54) is 5.69 Å². The highest BCUT2D eigenvalue weighted by atomic mass is 16.1. The Morgan fingerprint density at radius 1 is 1.47 bits per heavy atom. The molecular formula is C14H18N4O. The fourth-order valence-corrected chi connectivity index (χ4v) is 2.64. The number of aryl methyl sites for hydroxylation is 2. The number of aromatic amines is 1. The lowest BCUT2D eigenvalue weighted by Gasteiger charge is -2.27. The Balaban J connectivity index is 1.82. The quantitative estimate of drug-likeness (QED) is 0.873. The third-order valence-electron chi connectivity index (χ3n) is 3.71. The summed E-state index contributed by atoms with van der Waals surface area (Å²) in [6, 6.07) is 4.19. The Morgan fingerprint density at radius 2 is 2.32 bits per heavy atom. The second kappa shape index (κ2) is 4.66. The van der Waals surface area contributed by atoms with Crippen LogP contribution in [0.1, 0.15) is 22.8 Å². The molecule has 0 bridgehead atoms. The van der Waals surface area contributed by atoms with Crippen molar-refractivity contribution in [3.63, 3.8) is 0 Å². The van der Waals surface area contributed by atoms with Crippen LogP contribution >= 0.6 is 0 Å². The highest BCUT2D eigenvalue weighted by Crippen LogP contribution is 2.16. The lowest BCUT2D eigenvalue weighted by Crippen LogP contribution is -2.35. The van der Waals surface area contributed by atoms with E-state index in [2.05, 4.69) is 44.8 Å². The summed E-state index contributed by atoms with van der Waals surface area (Å²) in [7, 11) is 2.06. The van der Waals surface area contributed by atoms with Crippen LogP contribution in [0.2, 0.25) is 0 Å². The van der Waals surface area contributed by atoms with Crippen LogP contribution in [0.5, 0.6) is 0 Å². The molecule has 3 rings (SSSR count). The third-order valence-corrected chi connectivity index (χ3v) is 3.71. The number of fused-ring (bicyclic) bond motifs is 1. The van der Waals surface area contributed by atoms with E-state index in [0.29, 0.717) is 5.82 Å². The highest BCUT2D eigenvalue weighted by Gasteiger charge is 2.20. The first-order valence-corrected chi connectivity index (χ1v) is 6.55. The van der Waals surface area contributed by atoms with Gasteiger partial charge in [-0.1, -0.05) is 0 Å². The first-order valence-electron chi connectivity index (χ1n) is 6.55. The molecule has 0 amide bonds. The number of aromatic nitrogens is 3. The molecule has 1 N–H and O–H groups in total. The lowest BCUT2D eigenvalue weighted by atomic mass is 10.1. The van der Waals surface area contributed by atoms with Gasteiger partial charge >= 0.3 is 0 Å². The summed E-state index contributed by atoms with van der Waals surface area (Å²) < 4.78 is 2.13. The molecule has 0 fully saturated rings. The van der Waals surface area contributed by atoms with E-state index in [-0.39, 0.29) is 5.56 Å². The minimum atomic E-state index is 0.0287. The van der Waals surface area contributed by atoms with Crippen LogP contribution in [0, 0.1) is 6.92 Å². The zero-order valence-electron chi connectivity index (χ0n) is 11.3. The van der Waals surface area contributed by atoms with Gasteiger partial charge in [-0.25, -0.2) is 4.98 Å². The van der Waals surface area contributed by atoms with Crippen LogP contribution < -0.4 is 5.56 Å². The zero-order valence-corrected chi connectivity index (χ0v) is 11.3. The van der Waals surface area contributed by atoms with Crippen molar-refractivity contribution in [3.8, 4) is 0 Å². The predicted molar refractivity (Wildman–Crippen MR) is 72.8 cm³/mol. The van der Waals surface area contributed by atoms with Crippen molar-refractivity contribution < 1.29 is 0 Å². The van der Waals surface area contributed by atoms with Gasteiger partial charge in [0.1, 0.15) is 5.82 Å². The minimum Gasteiger partial charge on any atom is -0.353 e. The van der Waals surface area contributed by atoms with Gasteiger partial charge < -0.3 is 9.55 Å². The van der Waals surface area contributed by atoms with Gasteiger partial charge in [0, 0.05) is 44.1 Å². The van der Waals surface area contributed by atoms with E-state index < -0.39 is 0 Å². The molecule has 5 nitrogen and oxygen atoms in total. The Bertz CT molecular complexity index is 656. The molecule has 3 heterocycles. The fourth-order valence-electron chi connectivity index (χ4n) is 2.64. The summed E-state index contributed by atoms with van der Waals surface area (Å²) in [6.07, 6.45) is 2.84. The molecule has 0 unspecified atom stereocenters. The molecule has 1 aliphatic rings. The van der Waals surface area contributed by atoms with E-state index >= 15 is 0 Å². The molecule has 100 valence electrons. The predicted octanol–water partition coefficient (Wildman–Crippen LogP) is 0.975. The first kappa shape index (κ1) is 12.2. The monoisotopic (exact) mass is 258 g/mol. The topological polar surface area (TPSA) is 53.9 Å². The Labute approximate surface area is 111 Å². The average molecular weight is 258 g/mol. The van der Waals surface area contributed by atoms with Crippen LogP contribution in [0.4, 0.5) is 0 Å². The number of hydrogen-bond donors (Lipinski definition) is 1. The Hall–Kier alpha value is -1.88. The zero-order chi connectivity index (χ0) is 13.4. The summed E-state index contributed by atoms with van der Waals surface area (Å²) in [5, 5.41) is 0. The molecule has 5 heteroatoms. The van der Waals surface area contributed by atoms with E-state index in [4.69, 9.17) is 0 Å². The molecule has 2 aromatic heterocycles. The molecule has 0 saturated carbocycles. The van der Waals surface area contributed by atoms with Gasteiger partial charge in [0.25, 0.3) is 5.56 Å². The van der Waals surface area contributed by atoms with Crippen LogP contribution in [-0.4, -0.2) is 26.0 Å². The summed E-state index contributed by atoms with van der Waals surface area (Å²) in [5.74, 6) is 0.699. The van der Waals surface area contributed by atoms with Crippen LogP contribution in [0.25, 0.3) is 0 Å². The molecular weight excluding hydrogens is 240 g/mol. The molecule has 0 saturated heterocycles. The van der Waals surface area contributed by atoms with Gasteiger partial charge in [-0.05, 0) is 25.5 Å². The molecule has 0 radical (unpaired) electrons. The summed E-state index contributed by atoms with van der Waals surface area (Å²) >= 11 is 0. The van der Waals surface area contributed by atoms with E-state index in [9.17, 15) is 4.79 Å². The minimum absolute atomic E-state index is 0.0287. The van der Waals surface area contributed by atoms with Gasteiger partial charge in [0.2, 0.25) is 0 Å².